The number of hydrogen-bond donors (Lipinski definition) is 2. The minimum absolute atomic E-state index is 0.0821. The molecular formula is C20H23FN2O3. The van der Waals surface area contributed by atoms with E-state index in [9.17, 15) is 9.18 Å². The van der Waals surface area contributed by atoms with Crippen molar-refractivity contribution in [3.8, 4) is 17.2 Å². The van der Waals surface area contributed by atoms with E-state index >= 15 is 0 Å². The third kappa shape index (κ3) is 4.32. The van der Waals surface area contributed by atoms with Crippen molar-refractivity contribution in [2.24, 2.45) is 5.92 Å². The van der Waals surface area contributed by atoms with Gasteiger partial charge in [0.25, 0.3) is 0 Å². The van der Waals surface area contributed by atoms with Crippen LogP contribution in [0.4, 0.5) is 10.1 Å². The van der Waals surface area contributed by atoms with E-state index in [0.29, 0.717) is 22.9 Å². The van der Waals surface area contributed by atoms with E-state index < -0.39 is 5.82 Å². The quantitative estimate of drug-likeness (QED) is 0.852. The van der Waals surface area contributed by atoms with Crippen LogP contribution in [0.3, 0.4) is 0 Å². The molecule has 26 heavy (non-hydrogen) atoms. The molecule has 2 aromatic carbocycles. The van der Waals surface area contributed by atoms with E-state index in [4.69, 9.17) is 9.47 Å². The highest BCUT2D eigenvalue weighted by molar-refractivity contribution is 5.94. The molecule has 6 heteroatoms. The summed E-state index contributed by atoms with van der Waals surface area (Å²) in [4.78, 5) is 12.5. The second kappa shape index (κ2) is 8.19. The number of methoxy groups -OCH3 is 1. The highest BCUT2D eigenvalue weighted by Gasteiger charge is 2.22. The standard InChI is InChI=1S/C20H23FN2O3/c1-13-3-5-18(19(11-13)25-2)26-17-6-4-15(21)12-16(17)23-20(24)14-7-9-22-10-8-14/h3-6,11-12,14,22H,7-10H2,1-2H3,(H,23,24). The molecule has 3 rings (SSSR count). The molecule has 1 fully saturated rings. The molecule has 1 aliphatic heterocycles. The molecule has 1 amide bonds. The third-order valence-corrected chi connectivity index (χ3v) is 4.45. The fourth-order valence-electron chi connectivity index (χ4n) is 2.99. The number of carbonyl (C=O) groups excluding carboxylic acids is 1. The molecule has 0 saturated carbocycles. The van der Waals surface area contributed by atoms with Crippen molar-refractivity contribution in [2.75, 3.05) is 25.5 Å². The first kappa shape index (κ1) is 18.2. The van der Waals surface area contributed by atoms with E-state index in [-0.39, 0.29) is 11.8 Å². The number of amides is 1. The largest absolute Gasteiger partial charge is 0.493 e. The predicted octanol–water partition coefficient (Wildman–Crippen LogP) is 3.87. The van der Waals surface area contributed by atoms with Crippen molar-refractivity contribution in [3.63, 3.8) is 0 Å². The minimum Gasteiger partial charge on any atom is -0.493 e. The molecule has 5 nitrogen and oxygen atoms in total. The normalized spacial score (nSPS) is 14.7. The van der Waals surface area contributed by atoms with E-state index in [2.05, 4.69) is 10.6 Å². The van der Waals surface area contributed by atoms with Crippen molar-refractivity contribution in [3.05, 3.63) is 47.8 Å². The number of rotatable bonds is 5. The van der Waals surface area contributed by atoms with Gasteiger partial charge >= 0.3 is 0 Å². The first-order valence-electron chi connectivity index (χ1n) is 8.70. The van der Waals surface area contributed by atoms with Crippen LogP contribution in [0.1, 0.15) is 18.4 Å². The summed E-state index contributed by atoms with van der Waals surface area (Å²) in [5.41, 5.74) is 1.35. The molecule has 0 unspecified atom stereocenters. The van der Waals surface area contributed by atoms with Crippen LogP contribution >= 0.6 is 0 Å². The van der Waals surface area contributed by atoms with Gasteiger partial charge in [-0.05, 0) is 62.7 Å². The van der Waals surface area contributed by atoms with Crippen LogP contribution in [0.15, 0.2) is 36.4 Å². The number of piperidine rings is 1. The molecule has 0 aromatic heterocycles. The van der Waals surface area contributed by atoms with Crippen molar-refractivity contribution in [1.82, 2.24) is 5.32 Å². The SMILES string of the molecule is COc1cc(C)ccc1Oc1ccc(F)cc1NC(=O)C1CCNCC1. The van der Waals surface area contributed by atoms with Gasteiger partial charge in [-0.2, -0.15) is 0 Å². The van der Waals surface area contributed by atoms with Crippen LogP contribution < -0.4 is 20.1 Å². The summed E-state index contributed by atoms with van der Waals surface area (Å²) >= 11 is 0. The zero-order valence-corrected chi connectivity index (χ0v) is 15.0. The Morgan fingerprint density at radius 3 is 2.58 bits per heavy atom. The van der Waals surface area contributed by atoms with Gasteiger partial charge in [-0.1, -0.05) is 6.07 Å². The Morgan fingerprint density at radius 2 is 1.85 bits per heavy atom. The summed E-state index contributed by atoms with van der Waals surface area (Å²) in [5.74, 6) is 0.816. The molecule has 0 aliphatic carbocycles. The van der Waals surface area contributed by atoms with E-state index in [1.165, 1.54) is 18.2 Å². The van der Waals surface area contributed by atoms with Gasteiger partial charge in [0.05, 0.1) is 12.8 Å². The fraction of sp³-hybridized carbons (Fsp3) is 0.350. The summed E-state index contributed by atoms with van der Waals surface area (Å²) < 4.78 is 25.0. The summed E-state index contributed by atoms with van der Waals surface area (Å²) in [6.07, 6.45) is 1.53. The Morgan fingerprint density at radius 1 is 1.12 bits per heavy atom. The second-order valence-corrected chi connectivity index (χ2v) is 6.41. The molecule has 0 spiro atoms. The van der Waals surface area contributed by atoms with Gasteiger partial charge in [-0.15, -0.1) is 0 Å². The minimum atomic E-state index is -0.436. The van der Waals surface area contributed by atoms with Crippen molar-refractivity contribution < 1.29 is 18.7 Å². The monoisotopic (exact) mass is 358 g/mol. The van der Waals surface area contributed by atoms with Gasteiger partial charge < -0.3 is 20.1 Å². The maximum Gasteiger partial charge on any atom is 0.227 e. The maximum atomic E-state index is 13.7. The van der Waals surface area contributed by atoms with Crippen LogP contribution in [0, 0.1) is 18.7 Å². The average molecular weight is 358 g/mol. The zero-order chi connectivity index (χ0) is 18.5. The van der Waals surface area contributed by atoms with Crippen LogP contribution in [-0.2, 0) is 4.79 Å². The molecule has 0 bridgehead atoms. The van der Waals surface area contributed by atoms with Crippen LogP contribution in [0.5, 0.6) is 17.2 Å². The molecule has 0 atom stereocenters. The molecule has 1 aliphatic rings. The first-order valence-corrected chi connectivity index (χ1v) is 8.70. The lowest BCUT2D eigenvalue weighted by Gasteiger charge is -2.22. The molecule has 1 heterocycles. The lowest BCUT2D eigenvalue weighted by atomic mass is 9.97. The van der Waals surface area contributed by atoms with Crippen LogP contribution in [0.25, 0.3) is 0 Å². The number of carbonyl (C=O) groups is 1. The summed E-state index contributed by atoms with van der Waals surface area (Å²) in [6, 6.07) is 9.62. The van der Waals surface area contributed by atoms with Crippen molar-refractivity contribution in [2.45, 2.75) is 19.8 Å². The number of nitrogens with one attached hydrogen (secondary N) is 2. The smallest absolute Gasteiger partial charge is 0.227 e. The number of benzene rings is 2. The zero-order valence-electron chi connectivity index (χ0n) is 15.0. The Bertz CT molecular complexity index is 789. The number of hydrogen-bond acceptors (Lipinski definition) is 4. The molecule has 0 radical (unpaired) electrons. The fourth-order valence-corrected chi connectivity index (χ4v) is 2.99. The predicted molar refractivity (Wildman–Crippen MR) is 98.4 cm³/mol. The molecule has 1 saturated heterocycles. The van der Waals surface area contributed by atoms with Gasteiger partial charge in [0, 0.05) is 12.0 Å². The van der Waals surface area contributed by atoms with Gasteiger partial charge in [-0.3, -0.25) is 4.79 Å². The van der Waals surface area contributed by atoms with Crippen LogP contribution in [-0.4, -0.2) is 26.1 Å². The second-order valence-electron chi connectivity index (χ2n) is 6.41. The average Bonchev–Trinajstić information content (AvgIpc) is 2.65. The highest BCUT2D eigenvalue weighted by atomic mass is 19.1. The van der Waals surface area contributed by atoms with Gasteiger partial charge in [0.2, 0.25) is 5.91 Å². The molecule has 2 N–H and O–H groups in total. The van der Waals surface area contributed by atoms with Gasteiger partial charge in [0.1, 0.15) is 5.82 Å². The molecule has 138 valence electrons. The summed E-state index contributed by atoms with van der Waals surface area (Å²) in [6.45, 7) is 3.57. The Balaban J connectivity index is 1.83. The maximum absolute atomic E-state index is 13.7. The van der Waals surface area contributed by atoms with E-state index in [1.54, 1.807) is 13.2 Å². The Kier molecular flexibility index (Phi) is 5.73. The van der Waals surface area contributed by atoms with Crippen LogP contribution in [0.2, 0.25) is 0 Å². The number of anilines is 1. The van der Waals surface area contributed by atoms with Gasteiger partial charge in [0.15, 0.2) is 17.2 Å². The van der Waals surface area contributed by atoms with E-state index in [1.807, 2.05) is 19.1 Å². The first-order chi connectivity index (χ1) is 12.6. The lowest BCUT2D eigenvalue weighted by molar-refractivity contribution is -0.120. The highest BCUT2D eigenvalue weighted by Crippen LogP contribution is 2.36. The van der Waals surface area contributed by atoms with E-state index in [0.717, 1.165) is 31.5 Å². The number of aryl methyl sites for hydroxylation is 1. The topological polar surface area (TPSA) is 59.6 Å². The summed E-state index contributed by atoms with van der Waals surface area (Å²) in [5, 5.41) is 6.04. The summed E-state index contributed by atoms with van der Waals surface area (Å²) in [7, 11) is 1.56. The number of ether oxygens (including phenoxy) is 2. The van der Waals surface area contributed by atoms with Crippen molar-refractivity contribution >= 4 is 11.6 Å². The number of halogens is 1. The van der Waals surface area contributed by atoms with Gasteiger partial charge in [-0.25, -0.2) is 4.39 Å². The third-order valence-electron chi connectivity index (χ3n) is 4.45. The lowest BCUT2D eigenvalue weighted by Crippen LogP contribution is -2.34. The van der Waals surface area contributed by atoms with Crippen molar-refractivity contribution in [1.29, 1.82) is 0 Å². The Labute approximate surface area is 152 Å². The Hall–Kier alpha value is -2.60. The molecule has 2 aromatic rings. The molecular weight excluding hydrogens is 335 g/mol.